The van der Waals surface area contributed by atoms with Crippen LogP contribution >= 0.6 is 0 Å². The third kappa shape index (κ3) is 4.20. The van der Waals surface area contributed by atoms with E-state index in [9.17, 15) is 9.18 Å². The number of hydrogen-bond acceptors (Lipinski definition) is 4. The molecule has 3 aromatic rings. The van der Waals surface area contributed by atoms with Crippen LogP contribution < -0.4 is 10.1 Å². The average Bonchev–Trinajstić information content (AvgIpc) is 3.07. The molecule has 0 radical (unpaired) electrons. The Balaban J connectivity index is 1.72. The zero-order valence-corrected chi connectivity index (χ0v) is 13.6. The zero-order valence-electron chi connectivity index (χ0n) is 13.6. The van der Waals surface area contributed by atoms with E-state index in [1.54, 1.807) is 17.8 Å². The van der Waals surface area contributed by atoms with Crippen molar-refractivity contribution in [2.45, 2.75) is 13.5 Å². The molecule has 0 saturated carbocycles. The number of anilines is 1. The van der Waals surface area contributed by atoms with Crippen molar-refractivity contribution in [3.05, 3.63) is 71.8 Å². The van der Waals surface area contributed by atoms with Crippen molar-refractivity contribution in [3.63, 3.8) is 0 Å². The summed E-state index contributed by atoms with van der Waals surface area (Å²) < 4.78 is 20.2. The van der Waals surface area contributed by atoms with Crippen LogP contribution in [0.15, 0.2) is 54.7 Å². The van der Waals surface area contributed by atoms with Crippen molar-refractivity contribution >= 4 is 11.6 Å². The number of hydrogen-bond donors (Lipinski definition) is 1. The molecule has 1 N–H and O–H groups in total. The van der Waals surface area contributed by atoms with Crippen LogP contribution in [-0.2, 0) is 6.54 Å². The van der Waals surface area contributed by atoms with Gasteiger partial charge >= 0.3 is 0 Å². The number of carbonyl (C=O) groups is 1. The first-order valence-corrected chi connectivity index (χ1v) is 7.83. The smallest absolute Gasteiger partial charge is 0.277 e. The van der Waals surface area contributed by atoms with Gasteiger partial charge in [0.2, 0.25) is 0 Å². The molecule has 2 aromatic carbocycles. The highest BCUT2D eigenvalue weighted by molar-refractivity contribution is 6.03. The molecule has 7 heteroatoms. The van der Waals surface area contributed by atoms with E-state index < -0.39 is 11.7 Å². The van der Waals surface area contributed by atoms with E-state index in [0.717, 1.165) is 5.56 Å². The SMILES string of the molecule is CCOc1cc(F)ccc1NC(=O)c1cn(Cc2ccccc2)nn1. The number of carbonyl (C=O) groups excluding carboxylic acids is 1. The molecule has 1 aromatic heterocycles. The van der Waals surface area contributed by atoms with E-state index in [1.165, 1.54) is 18.2 Å². The van der Waals surface area contributed by atoms with E-state index >= 15 is 0 Å². The maximum Gasteiger partial charge on any atom is 0.277 e. The molecule has 0 unspecified atom stereocenters. The lowest BCUT2D eigenvalue weighted by molar-refractivity contribution is 0.102. The second-order valence-electron chi connectivity index (χ2n) is 5.31. The zero-order chi connectivity index (χ0) is 17.6. The van der Waals surface area contributed by atoms with Crippen LogP contribution in [0.2, 0.25) is 0 Å². The minimum absolute atomic E-state index is 0.169. The molecule has 0 spiro atoms. The Bertz CT molecular complexity index is 865. The molecule has 0 aliphatic carbocycles. The van der Waals surface area contributed by atoms with Crippen LogP contribution in [0.5, 0.6) is 5.75 Å². The van der Waals surface area contributed by atoms with E-state index in [2.05, 4.69) is 15.6 Å². The van der Waals surface area contributed by atoms with E-state index in [1.807, 2.05) is 30.3 Å². The Hall–Kier alpha value is -3.22. The van der Waals surface area contributed by atoms with Crippen LogP contribution in [0.4, 0.5) is 10.1 Å². The van der Waals surface area contributed by atoms with E-state index in [0.29, 0.717) is 18.8 Å². The molecule has 0 bridgehead atoms. The van der Waals surface area contributed by atoms with Crippen LogP contribution in [0.1, 0.15) is 23.0 Å². The van der Waals surface area contributed by atoms with Gasteiger partial charge in [-0.15, -0.1) is 5.10 Å². The molecule has 0 fully saturated rings. The molecule has 1 amide bonds. The van der Waals surface area contributed by atoms with Gasteiger partial charge in [0.05, 0.1) is 25.0 Å². The molecule has 6 nitrogen and oxygen atoms in total. The summed E-state index contributed by atoms with van der Waals surface area (Å²) in [5, 5.41) is 10.5. The monoisotopic (exact) mass is 340 g/mol. The Morgan fingerprint density at radius 2 is 2.04 bits per heavy atom. The summed E-state index contributed by atoms with van der Waals surface area (Å²) >= 11 is 0. The fourth-order valence-corrected chi connectivity index (χ4v) is 2.31. The summed E-state index contributed by atoms with van der Waals surface area (Å²) in [6, 6.07) is 13.7. The fourth-order valence-electron chi connectivity index (χ4n) is 2.31. The van der Waals surface area contributed by atoms with Gasteiger partial charge in [0, 0.05) is 6.07 Å². The van der Waals surface area contributed by atoms with Gasteiger partial charge in [0.1, 0.15) is 11.6 Å². The molecule has 0 saturated heterocycles. The molecule has 128 valence electrons. The summed E-state index contributed by atoms with van der Waals surface area (Å²) in [4.78, 5) is 12.3. The number of rotatable bonds is 6. The molecule has 25 heavy (non-hydrogen) atoms. The summed E-state index contributed by atoms with van der Waals surface area (Å²) in [6.45, 7) is 2.66. The van der Waals surface area contributed by atoms with Gasteiger partial charge in [-0.05, 0) is 24.6 Å². The van der Waals surface area contributed by atoms with E-state index in [4.69, 9.17) is 4.74 Å². The number of nitrogens with zero attached hydrogens (tertiary/aromatic N) is 3. The highest BCUT2D eigenvalue weighted by Crippen LogP contribution is 2.25. The first kappa shape index (κ1) is 16.6. The summed E-state index contributed by atoms with van der Waals surface area (Å²) in [5.41, 5.74) is 1.60. The van der Waals surface area contributed by atoms with Gasteiger partial charge in [-0.2, -0.15) is 0 Å². The first-order chi connectivity index (χ1) is 12.2. The lowest BCUT2D eigenvalue weighted by Gasteiger charge is -2.10. The first-order valence-electron chi connectivity index (χ1n) is 7.83. The Labute approximate surface area is 144 Å². The van der Waals surface area contributed by atoms with Crippen LogP contribution in [0.25, 0.3) is 0 Å². The van der Waals surface area contributed by atoms with Crippen LogP contribution in [-0.4, -0.2) is 27.5 Å². The predicted octanol–water partition coefficient (Wildman–Crippen LogP) is 3.12. The van der Waals surface area contributed by atoms with E-state index in [-0.39, 0.29) is 11.4 Å². The molecular weight excluding hydrogens is 323 g/mol. The lowest BCUT2D eigenvalue weighted by atomic mass is 10.2. The summed E-state index contributed by atoms with van der Waals surface area (Å²) in [6.07, 6.45) is 1.56. The number of amides is 1. The lowest BCUT2D eigenvalue weighted by Crippen LogP contribution is -2.13. The standard InChI is InChI=1S/C18H17FN4O2/c1-2-25-17-10-14(19)8-9-15(17)20-18(24)16-12-23(22-21-16)11-13-6-4-3-5-7-13/h3-10,12H,2,11H2,1H3,(H,20,24). The third-order valence-corrected chi connectivity index (χ3v) is 3.45. The molecular formula is C18H17FN4O2. The maximum atomic E-state index is 13.3. The normalized spacial score (nSPS) is 10.5. The predicted molar refractivity (Wildman–Crippen MR) is 91.1 cm³/mol. The largest absolute Gasteiger partial charge is 0.492 e. The number of aromatic nitrogens is 3. The van der Waals surface area contributed by atoms with Gasteiger partial charge < -0.3 is 10.1 Å². The van der Waals surface area contributed by atoms with Crippen molar-refractivity contribution in [1.29, 1.82) is 0 Å². The highest BCUT2D eigenvalue weighted by atomic mass is 19.1. The Morgan fingerprint density at radius 1 is 1.24 bits per heavy atom. The minimum atomic E-state index is -0.438. The number of benzene rings is 2. The van der Waals surface area contributed by atoms with Crippen molar-refractivity contribution in [3.8, 4) is 5.75 Å². The van der Waals surface area contributed by atoms with Crippen molar-refractivity contribution in [2.75, 3.05) is 11.9 Å². The molecule has 3 rings (SSSR count). The fraction of sp³-hybridized carbons (Fsp3) is 0.167. The van der Waals surface area contributed by atoms with Gasteiger partial charge in [0.15, 0.2) is 5.69 Å². The van der Waals surface area contributed by atoms with Crippen molar-refractivity contribution < 1.29 is 13.9 Å². The summed E-state index contributed by atoms with van der Waals surface area (Å²) in [7, 11) is 0. The molecule has 1 heterocycles. The van der Waals surface area contributed by atoms with Gasteiger partial charge in [-0.3, -0.25) is 4.79 Å². The summed E-state index contributed by atoms with van der Waals surface area (Å²) in [5.74, 6) is -0.602. The number of nitrogens with one attached hydrogen (secondary N) is 1. The van der Waals surface area contributed by atoms with Crippen LogP contribution in [0.3, 0.4) is 0 Å². The van der Waals surface area contributed by atoms with Gasteiger partial charge in [0.25, 0.3) is 5.91 Å². The molecule has 0 aliphatic heterocycles. The third-order valence-electron chi connectivity index (χ3n) is 3.45. The quantitative estimate of drug-likeness (QED) is 0.748. The number of ether oxygens (including phenoxy) is 1. The Morgan fingerprint density at radius 3 is 2.80 bits per heavy atom. The van der Waals surface area contributed by atoms with Crippen molar-refractivity contribution in [1.82, 2.24) is 15.0 Å². The van der Waals surface area contributed by atoms with Gasteiger partial charge in [-0.25, -0.2) is 9.07 Å². The topological polar surface area (TPSA) is 69.0 Å². The molecule has 0 aliphatic rings. The molecule has 0 atom stereocenters. The van der Waals surface area contributed by atoms with Crippen LogP contribution in [0, 0.1) is 5.82 Å². The second-order valence-corrected chi connectivity index (χ2v) is 5.31. The van der Waals surface area contributed by atoms with Crippen molar-refractivity contribution in [2.24, 2.45) is 0 Å². The maximum absolute atomic E-state index is 13.3. The Kier molecular flexibility index (Phi) is 5.03. The highest BCUT2D eigenvalue weighted by Gasteiger charge is 2.14. The van der Waals surface area contributed by atoms with Gasteiger partial charge in [-0.1, -0.05) is 35.5 Å². The number of halogens is 1. The minimum Gasteiger partial charge on any atom is -0.492 e. The average molecular weight is 340 g/mol. The second kappa shape index (κ2) is 7.57.